The van der Waals surface area contributed by atoms with Gasteiger partial charge in [-0.05, 0) is 18.4 Å². The molecule has 0 bridgehead atoms. The molecule has 1 amide bonds. The molecule has 0 aromatic heterocycles. The Bertz CT molecular complexity index is 425. The second kappa shape index (κ2) is 5.61. The van der Waals surface area contributed by atoms with E-state index in [1.807, 2.05) is 35.6 Å². The zero-order valence-electron chi connectivity index (χ0n) is 10.1. The quantitative estimate of drug-likeness (QED) is 0.899. The predicted molar refractivity (Wildman–Crippen MR) is 62.4 cm³/mol. The van der Waals surface area contributed by atoms with Gasteiger partial charge in [0.15, 0.2) is 0 Å². The minimum absolute atomic E-state index is 0.0986. The highest BCUT2D eigenvalue weighted by molar-refractivity contribution is 5.81. The van der Waals surface area contributed by atoms with Crippen LogP contribution < -0.4 is 5.32 Å². The molecule has 0 spiro atoms. The molecule has 1 aliphatic heterocycles. The highest BCUT2D eigenvalue weighted by Gasteiger charge is 2.40. The Morgan fingerprint density at radius 3 is 2.42 bits per heavy atom. The molecule has 2 rings (SSSR count). The molecule has 6 heteroatoms. The SMILES string of the molecule is O=C(N[C@@H]1CC[C@H](c2ccccc2)OC1)C(F)(F)F. The first kappa shape index (κ1) is 13.9. The van der Waals surface area contributed by atoms with E-state index < -0.39 is 18.1 Å². The van der Waals surface area contributed by atoms with E-state index in [1.165, 1.54) is 0 Å². The Balaban J connectivity index is 1.85. The number of nitrogens with one attached hydrogen (secondary N) is 1. The van der Waals surface area contributed by atoms with Gasteiger partial charge in [0.25, 0.3) is 0 Å². The molecule has 0 aliphatic carbocycles. The van der Waals surface area contributed by atoms with E-state index in [1.54, 1.807) is 0 Å². The van der Waals surface area contributed by atoms with Crippen LogP contribution in [0.2, 0.25) is 0 Å². The van der Waals surface area contributed by atoms with Gasteiger partial charge in [-0.25, -0.2) is 0 Å². The zero-order chi connectivity index (χ0) is 13.9. The molecule has 0 radical (unpaired) electrons. The minimum Gasteiger partial charge on any atom is -0.371 e. The number of ether oxygens (including phenoxy) is 1. The zero-order valence-corrected chi connectivity index (χ0v) is 10.1. The van der Waals surface area contributed by atoms with E-state index in [0.717, 1.165) is 5.56 Å². The first-order valence-electron chi connectivity index (χ1n) is 6.01. The Morgan fingerprint density at radius 2 is 1.89 bits per heavy atom. The van der Waals surface area contributed by atoms with E-state index in [0.29, 0.717) is 12.8 Å². The highest BCUT2D eigenvalue weighted by atomic mass is 19.4. The number of carbonyl (C=O) groups is 1. The number of hydrogen-bond donors (Lipinski definition) is 1. The van der Waals surface area contributed by atoms with E-state index in [9.17, 15) is 18.0 Å². The maximum Gasteiger partial charge on any atom is 0.471 e. The van der Waals surface area contributed by atoms with Crippen LogP contribution in [0.1, 0.15) is 24.5 Å². The van der Waals surface area contributed by atoms with Crippen molar-refractivity contribution < 1.29 is 22.7 Å². The van der Waals surface area contributed by atoms with Crippen molar-refractivity contribution in [3.05, 3.63) is 35.9 Å². The van der Waals surface area contributed by atoms with Crippen molar-refractivity contribution in [2.45, 2.75) is 31.2 Å². The molecule has 1 fully saturated rings. The van der Waals surface area contributed by atoms with Gasteiger partial charge in [0.1, 0.15) is 0 Å². The molecule has 0 saturated carbocycles. The van der Waals surface area contributed by atoms with Gasteiger partial charge < -0.3 is 10.1 Å². The average Bonchev–Trinajstić information content (AvgIpc) is 2.39. The molecule has 0 unspecified atom stereocenters. The molecule has 1 aromatic rings. The van der Waals surface area contributed by atoms with Gasteiger partial charge in [-0.3, -0.25) is 4.79 Å². The first-order chi connectivity index (χ1) is 8.97. The maximum absolute atomic E-state index is 12.1. The third kappa shape index (κ3) is 3.70. The van der Waals surface area contributed by atoms with Crippen LogP contribution in [0.5, 0.6) is 0 Å². The molecular formula is C13H14F3NO2. The number of benzene rings is 1. The minimum atomic E-state index is -4.84. The van der Waals surface area contributed by atoms with Gasteiger partial charge in [-0.1, -0.05) is 30.3 Å². The molecular weight excluding hydrogens is 259 g/mol. The summed E-state index contributed by atoms with van der Waals surface area (Å²) in [7, 11) is 0. The lowest BCUT2D eigenvalue weighted by Crippen LogP contribution is -2.46. The number of carbonyl (C=O) groups excluding carboxylic acids is 1. The van der Waals surface area contributed by atoms with Crippen LogP contribution in [0.3, 0.4) is 0 Å². The standard InChI is InChI=1S/C13H14F3NO2/c14-13(15,16)12(18)17-10-6-7-11(19-8-10)9-4-2-1-3-5-9/h1-5,10-11H,6-8H2,(H,17,18)/t10-,11-/m1/s1. The molecule has 1 N–H and O–H groups in total. The summed E-state index contributed by atoms with van der Waals surface area (Å²) in [5, 5.41) is 1.94. The molecule has 104 valence electrons. The van der Waals surface area contributed by atoms with Crippen LogP contribution in [-0.4, -0.2) is 24.7 Å². The number of hydrogen-bond acceptors (Lipinski definition) is 2. The van der Waals surface area contributed by atoms with Gasteiger partial charge in [-0.15, -0.1) is 0 Å². The molecule has 19 heavy (non-hydrogen) atoms. The Hall–Kier alpha value is -1.56. The van der Waals surface area contributed by atoms with Crippen molar-refractivity contribution in [3.8, 4) is 0 Å². The fourth-order valence-corrected chi connectivity index (χ4v) is 2.06. The summed E-state index contributed by atoms with van der Waals surface area (Å²) in [4.78, 5) is 10.8. The molecule has 1 saturated heterocycles. The van der Waals surface area contributed by atoms with Gasteiger partial charge in [0.2, 0.25) is 0 Å². The third-order valence-corrected chi connectivity index (χ3v) is 3.04. The van der Waals surface area contributed by atoms with Crippen LogP contribution in [0.15, 0.2) is 30.3 Å². The van der Waals surface area contributed by atoms with Crippen molar-refractivity contribution in [1.82, 2.24) is 5.32 Å². The van der Waals surface area contributed by atoms with Gasteiger partial charge >= 0.3 is 12.1 Å². The molecule has 3 nitrogen and oxygen atoms in total. The lowest BCUT2D eigenvalue weighted by molar-refractivity contribution is -0.175. The van der Waals surface area contributed by atoms with Crippen LogP contribution >= 0.6 is 0 Å². The average molecular weight is 273 g/mol. The second-order valence-corrected chi connectivity index (χ2v) is 4.48. The van der Waals surface area contributed by atoms with E-state index >= 15 is 0 Å². The van der Waals surface area contributed by atoms with E-state index in [-0.39, 0.29) is 12.7 Å². The fraction of sp³-hybridized carbons (Fsp3) is 0.462. The molecule has 1 heterocycles. The Labute approximate surface area is 108 Å². The maximum atomic E-state index is 12.1. The van der Waals surface area contributed by atoms with Crippen molar-refractivity contribution >= 4 is 5.91 Å². The summed E-state index contributed by atoms with van der Waals surface area (Å²) in [5.74, 6) is -1.90. The smallest absolute Gasteiger partial charge is 0.371 e. The van der Waals surface area contributed by atoms with E-state index in [4.69, 9.17) is 4.74 Å². The third-order valence-electron chi connectivity index (χ3n) is 3.04. The van der Waals surface area contributed by atoms with Gasteiger partial charge in [-0.2, -0.15) is 13.2 Å². The lowest BCUT2D eigenvalue weighted by Gasteiger charge is -2.30. The predicted octanol–water partition coefficient (Wildman–Crippen LogP) is 2.59. The summed E-state index contributed by atoms with van der Waals surface area (Å²) in [6, 6.07) is 8.91. The van der Waals surface area contributed by atoms with Crippen LogP contribution in [-0.2, 0) is 9.53 Å². The van der Waals surface area contributed by atoms with Crippen LogP contribution in [0, 0.1) is 0 Å². The van der Waals surface area contributed by atoms with Crippen molar-refractivity contribution in [2.75, 3.05) is 6.61 Å². The Kier molecular flexibility index (Phi) is 4.09. The molecule has 2 atom stereocenters. The summed E-state index contributed by atoms with van der Waals surface area (Å²) >= 11 is 0. The van der Waals surface area contributed by atoms with Gasteiger partial charge in [0.05, 0.1) is 18.8 Å². The lowest BCUT2D eigenvalue weighted by atomic mass is 9.99. The highest BCUT2D eigenvalue weighted by Crippen LogP contribution is 2.28. The summed E-state index contributed by atoms with van der Waals surface area (Å²) in [6.45, 7) is 0.0986. The summed E-state index contributed by atoms with van der Waals surface area (Å²) in [5.41, 5.74) is 1.00. The topological polar surface area (TPSA) is 38.3 Å². The number of rotatable bonds is 2. The molecule has 1 aromatic carbocycles. The number of alkyl halides is 3. The molecule has 1 aliphatic rings. The second-order valence-electron chi connectivity index (χ2n) is 4.48. The van der Waals surface area contributed by atoms with E-state index in [2.05, 4.69) is 0 Å². The Morgan fingerprint density at radius 1 is 1.21 bits per heavy atom. The summed E-state index contributed by atoms with van der Waals surface area (Å²) in [6.07, 6.45) is -3.88. The largest absolute Gasteiger partial charge is 0.471 e. The number of amides is 1. The van der Waals surface area contributed by atoms with Crippen molar-refractivity contribution in [2.24, 2.45) is 0 Å². The van der Waals surface area contributed by atoms with Gasteiger partial charge in [0, 0.05) is 0 Å². The van der Waals surface area contributed by atoms with Crippen LogP contribution in [0.25, 0.3) is 0 Å². The van der Waals surface area contributed by atoms with Crippen LogP contribution in [0.4, 0.5) is 13.2 Å². The van der Waals surface area contributed by atoms with Crippen molar-refractivity contribution in [3.63, 3.8) is 0 Å². The fourth-order valence-electron chi connectivity index (χ4n) is 2.06. The monoisotopic (exact) mass is 273 g/mol. The normalized spacial score (nSPS) is 23.9. The van der Waals surface area contributed by atoms with Crippen molar-refractivity contribution in [1.29, 1.82) is 0 Å². The number of halogens is 3. The first-order valence-corrected chi connectivity index (χ1v) is 6.01. The summed E-state index contributed by atoms with van der Waals surface area (Å²) < 4.78 is 41.8.